The summed E-state index contributed by atoms with van der Waals surface area (Å²) in [6.07, 6.45) is 5.64. The molecular weight excluding hydrogens is 341 g/mol. The smallest absolute Gasteiger partial charge is 0.143 e. The quantitative estimate of drug-likeness (QED) is 0.743. The summed E-state index contributed by atoms with van der Waals surface area (Å²) < 4.78 is 15.9. The van der Waals surface area contributed by atoms with E-state index < -0.39 is 11.9 Å². The van der Waals surface area contributed by atoms with Gasteiger partial charge >= 0.3 is 0 Å². The van der Waals surface area contributed by atoms with Crippen LogP contribution in [0.3, 0.4) is 0 Å². The highest BCUT2D eigenvalue weighted by Gasteiger charge is 2.32. The molecule has 130 valence electrons. The Kier molecular flexibility index (Phi) is 4.21. The van der Waals surface area contributed by atoms with Crippen LogP contribution < -0.4 is 0 Å². The van der Waals surface area contributed by atoms with Crippen LogP contribution in [-0.2, 0) is 0 Å². The number of aromatic nitrogens is 3. The number of hydrogen-bond acceptors (Lipinski definition) is 3. The number of benzene rings is 1. The summed E-state index contributed by atoms with van der Waals surface area (Å²) in [7, 11) is 0. The molecule has 25 heavy (non-hydrogen) atoms. The van der Waals surface area contributed by atoms with E-state index in [-0.39, 0.29) is 17.0 Å². The van der Waals surface area contributed by atoms with E-state index in [0.717, 1.165) is 36.0 Å². The molecule has 2 heterocycles. The summed E-state index contributed by atoms with van der Waals surface area (Å²) in [5.41, 5.74) is 2.49. The second-order valence-corrected chi connectivity index (χ2v) is 7.17. The Hall–Kier alpha value is -1.98. The normalized spacial score (nSPS) is 21.8. The third-order valence-corrected chi connectivity index (χ3v) is 5.59. The van der Waals surface area contributed by atoms with Gasteiger partial charge in [-0.2, -0.15) is 0 Å². The summed E-state index contributed by atoms with van der Waals surface area (Å²) in [6.45, 7) is 1.98. The summed E-state index contributed by atoms with van der Waals surface area (Å²) in [6, 6.07) is 6.86. The summed E-state index contributed by atoms with van der Waals surface area (Å²) in [5, 5.41) is 11.8. The Bertz CT molecular complexity index is 926. The van der Waals surface area contributed by atoms with Crippen molar-refractivity contribution >= 4 is 22.6 Å². The molecule has 1 N–H and O–H groups in total. The molecular formula is C19H19ClFN3O. The van der Waals surface area contributed by atoms with Gasteiger partial charge in [0.15, 0.2) is 0 Å². The molecule has 0 radical (unpaired) electrons. The molecule has 4 rings (SSSR count). The van der Waals surface area contributed by atoms with Crippen molar-refractivity contribution < 1.29 is 9.50 Å². The first-order valence-corrected chi connectivity index (χ1v) is 8.83. The highest BCUT2D eigenvalue weighted by molar-refractivity contribution is 6.30. The van der Waals surface area contributed by atoms with Crippen LogP contribution in [0.1, 0.15) is 42.7 Å². The summed E-state index contributed by atoms with van der Waals surface area (Å²) in [4.78, 5) is 8.66. The van der Waals surface area contributed by atoms with Gasteiger partial charge < -0.3 is 9.67 Å². The zero-order valence-electron chi connectivity index (χ0n) is 13.9. The van der Waals surface area contributed by atoms with Crippen LogP contribution in [0.25, 0.3) is 11.0 Å². The Morgan fingerprint density at radius 2 is 2.12 bits per heavy atom. The Morgan fingerprint density at radius 1 is 1.28 bits per heavy atom. The second-order valence-electron chi connectivity index (χ2n) is 6.76. The summed E-state index contributed by atoms with van der Waals surface area (Å²) >= 11 is 5.73. The largest absolute Gasteiger partial charge is 0.388 e. The lowest BCUT2D eigenvalue weighted by atomic mass is 9.94. The fraction of sp³-hybridized carbons (Fsp3) is 0.368. The van der Waals surface area contributed by atoms with Gasteiger partial charge in [-0.15, -0.1) is 0 Å². The lowest BCUT2D eigenvalue weighted by Crippen LogP contribution is -2.11. The molecule has 3 unspecified atom stereocenters. The lowest BCUT2D eigenvalue weighted by Gasteiger charge is -2.19. The van der Waals surface area contributed by atoms with Crippen LogP contribution in [0.5, 0.6) is 0 Å². The first-order valence-electron chi connectivity index (χ1n) is 8.45. The van der Waals surface area contributed by atoms with E-state index in [0.29, 0.717) is 5.56 Å². The maximum atomic E-state index is 13.7. The molecule has 0 saturated heterocycles. The van der Waals surface area contributed by atoms with E-state index in [9.17, 15) is 9.50 Å². The highest BCUT2D eigenvalue weighted by atomic mass is 35.5. The van der Waals surface area contributed by atoms with E-state index in [1.807, 2.05) is 19.2 Å². The average molecular weight is 360 g/mol. The van der Waals surface area contributed by atoms with Gasteiger partial charge in [-0.25, -0.2) is 14.4 Å². The number of fused-ring (bicyclic) bond motifs is 1. The standard InChI is InChI=1S/C19H19ClFN3O/c1-11-15-6-7-24(19(15)23-10-22-11)14-4-2-12(8-14)18(25)13-3-5-16(20)17(21)9-13/h3,5-7,9-10,12,14,18,25H,2,4,8H2,1H3. The van der Waals surface area contributed by atoms with E-state index >= 15 is 0 Å². The van der Waals surface area contributed by atoms with Crippen LogP contribution >= 0.6 is 11.6 Å². The number of rotatable bonds is 3. The van der Waals surface area contributed by atoms with Crippen molar-refractivity contribution in [1.29, 1.82) is 0 Å². The first kappa shape index (κ1) is 16.5. The van der Waals surface area contributed by atoms with Gasteiger partial charge in [-0.05, 0) is 55.9 Å². The third kappa shape index (κ3) is 2.92. The molecule has 1 aliphatic rings. The van der Waals surface area contributed by atoms with Crippen molar-refractivity contribution in [2.45, 2.75) is 38.3 Å². The van der Waals surface area contributed by atoms with Crippen molar-refractivity contribution in [3.63, 3.8) is 0 Å². The van der Waals surface area contributed by atoms with Crippen LogP contribution in [0.4, 0.5) is 4.39 Å². The predicted molar refractivity (Wildman–Crippen MR) is 95.0 cm³/mol. The molecule has 1 fully saturated rings. The molecule has 6 heteroatoms. The van der Waals surface area contributed by atoms with Gasteiger partial charge in [0, 0.05) is 17.6 Å². The molecule has 0 amide bonds. The van der Waals surface area contributed by atoms with E-state index in [4.69, 9.17) is 11.6 Å². The van der Waals surface area contributed by atoms with Crippen LogP contribution in [-0.4, -0.2) is 19.6 Å². The van der Waals surface area contributed by atoms with Crippen LogP contribution in [0.2, 0.25) is 5.02 Å². The number of halogens is 2. The highest BCUT2D eigenvalue weighted by Crippen LogP contribution is 2.42. The maximum Gasteiger partial charge on any atom is 0.143 e. The number of aliphatic hydroxyl groups is 1. The number of aryl methyl sites for hydroxylation is 1. The Morgan fingerprint density at radius 3 is 2.92 bits per heavy atom. The van der Waals surface area contributed by atoms with Gasteiger partial charge in [0.05, 0.1) is 16.8 Å². The fourth-order valence-electron chi connectivity index (χ4n) is 3.89. The molecule has 2 aromatic heterocycles. The molecule has 0 bridgehead atoms. The minimum Gasteiger partial charge on any atom is -0.388 e. The van der Waals surface area contributed by atoms with Crippen LogP contribution in [0.15, 0.2) is 36.8 Å². The number of aliphatic hydroxyl groups excluding tert-OH is 1. The van der Waals surface area contributed by atoms with Crippen molar-refractivity contribution in [2.75, 3.05) is 0 Å². The SMILES string of the molecule is Cc1ncnc2c1ccn2C1CCC(C(O)c2ccc(Cl)c(F)c2)C1. The van der Waals surface area contributed by atoms with Gasteiger partial charge in [0.2, 0.25) is 0 Å². The van der Waals surface area contributed by atoms with Crippen molar-refractivity contribution in [3.8, 4) is 0 Å². The molecule has 3 atom stereocenters. The van der Waals surface area contributed by atoms with E-state index in [1.54, 1.807) is 12.4 Å². The second kappa shape index (κ2) is 6.39. The zero-order valence-corrected chi connectivity index (χ0v) is 14.6. The zero-order chi connectivity index (χ0) is 17.6. The first-order chi connectivity index (χ1) is 12.0. The average Bonchev–Trinajstić information content (AvgIpc) is 3.24. The third-order valence-electron chi connectivity index (χ3n) is 5.28. The minimum absolute atomic E-state index is 0.0779. The fourth-order valence-corrected chi connectivity index (χ4v) is 4.01. The topological polar surface area (TPSA) is 50.9 Å². The lowest BCUT2D eigenvalue weighted by molar-refractivity contribution is 0.109. The van der Waals surface area contributed by atoms with E-state index in [1.165, 1.54) is 12.1 Å². The molecule has 0 spiro atoms. The molecule has 4 nitrogen and oxygen atoms in total. The Balaban J connectivity index is 1.56. The monoisotopic (exact) mass is 359 g/mol. The van der Waals surface area contributed by atoms with Gasteiger partial charge in [0.25, 0.3) is 0 Å². The summed E-state index contributed by atoms with van der Waals surface area (Å²) in [5.74, 6) is -0.401. The molecule has 1 aromatic carbocycles. The maximum absolute atomic E-state index is 13.7. The number of hydrogen-bond donors (Lipinski definition) is 1. The minimum atomic E-state index is -0.685. The van der Waals surface area contributed by atoms with Crippen molar-refractivity contribution in [1.82, 2.24) is 14.5 Å². The van der Waals surface area contributed by atoms with Gasteiger partial charge in [-0.3, -0.25) is 0 Å². The predicted octanol–water partition coefficient (Wildman–Crippen LogP) is 4.61. The molecule has 0 aliphatic heterocycles. The van der Waals surface area contributed by atoms with Crippen LogP contribution in [0, 0.1) is 18.7 Å². The Labute approximate surface area is 150 Å². The van der Waals surface area contributed by atoms with Gasteiger partial charge in [-0.1, -0.05) is 17.7 Å². The van der Waals surface area contributed by atoms with Crippen molar-refractivity contribution in [3.05, 3.63) is 58.9 Å². The van der Waals surface area contributed by atoms with Gasteiger partial charge in [0.1, 0.15) is 17.8 Å². The molecule has 1 saturated carbocycles. The van der Waals surface area contributed by atoms with Crippen molar-refractivity contribution in [2.24, 2.45) is 5.92 Å². The molecule has 1 aliphatic carbocycles. The van der Waals surface area contributed by atoms with E-state index in [2.05, 4.69) is 14.5 Å². The molecule has 3 aromatic rings. The number of nitrogens with zero attached hydrogens (tertiary/aromatic N) is 3.